The van der Waals surface area contributed by atoms with E-state index >= 15 is 0 Å². The topological polar surface area (TPSA) is 64.7 Å². The molecule has 1 atom stereocenters. The van der Waals surface area contributed by atoms with E-state index in [9.17, 15) is 0 Å². The Hall–Kier alpha value is -2.63. The summed E-state index contributed by atoms with van der Waals surface area (Å²) in [7, 11) is 0. The van der Waals surface area contributed by atoms with Gasteiger partial charge in [0.25, 0.3) is 0 Å². The van der Waals surface area contributed by atoms with Crippen LogP contribution in [0, 0.1) is 0 Å². The number of aromatic nitrogens is 3. The lowest BCUT2D eigenvalue weighted by atomic mass is 10.00. The fraction of sp³-hybridized carbons (Fsp3) is 0.190. The Morgan fingerprint density at radius 1 is 0.962 bits per heavy atom. The lowest BCUT2D eigenvalue weighted by Gasteiger charge is -2.15. The van der Waals surface area contributed by atoms with Crippen molar-refractivity contribution in [1.29, 1.82) is 0 Å². The number of thiophene rings is 1. The van der Waals surface area contributed by atoms with Gasteiger partial charge in [-0.15, -0.1) is 11.3 Å². The maximum absolute atomic E-state index is 6.61. The van der Waals surface area contributed by atoms with Crippen molar-refractivity contribution in [1.82, 2.24) is 15.0 Å². The highest BCUT2D eigenvalue weighted by atomic mass is 32.1. The Balaban J connectivity index is 1.98. The van der Waals surface area contributed by atoms with Crippen molar-refractivity contribution in [2.75, 3.05) is 0 Å². The Labute approximate surface area is 156 Å². The normalized spacial score (nSPS) is 12.6. The molecular weight excluding hydrogens is 340 g/mol. The van der Waals surface area contributed by atoms with E-state index in [0.29, 0.717) is 0 Å². The van der Waals surface area contributed by atoms with Crippen molar-refractivity contribution in [3.05, 3.63) is 77.3 Å². The number of pyridine rings is 1. The summed E-state index contributed by atoms with van der Waals surface area (Å²) in [6.07, 6.45) is 1.77. The van der Waals surface area contributed by atoms with Crippen molar-refractivity contribution >= 4 is 21.6 Å². The van der Waals surface area contributed by atoms with Gasteiger partial charge < -0.3 is 5.73 Å². The highest BCUT2D eigenvalue weighted by Crippen LogP contribution is 2.37. The van der Waals surface area contributed by atoms with Crippen LogP contribution in [0.3, 0.4) is 0 Å². The van der Waals surface area contributed by atoms with Gasteiger partial charge in [0.15, 0.2) is 0 Å². The van der Waals surface area contributed by atoms with Crippen LogP contribution >= 0.6 is 11.3 Å². The van der Waals surface area contributed by atoms with E-state index < -0.39 is 6.04 Å². The van der Waals surface area contributed by atoms with Gasteiger partial charge in [0, 0.05) is 28.4 Å². The van der Waals surface area contributed by atoms with Gasteiger partial charge in [0.2, 0.25) is 0 Å². The van der Waals surface area contributed by atoms with Crippen molar-refractivity contribution in [3.63, 3.8) is 0 Å². The summed E-state index contributed by atoms with van der Waals surface area (Å²) in [5.41, 5.74) is 10.5. The fourth-order valence-corrected chi connectivity index (χ4v) is 3.96. The molecule has 2 N–H and O–H groups in total. The predicted molar refractivity (Wildman–Crippen MR) is 107 cm³/mol. The molecule has 4 rings (SSSR count). The van der Waals surface area contributed by atoms with Crippen molar-refractivity contribution in [2.24, 2.45) is 5.73 Å². The van der Waals surface area contributed by atoms with Crippen LogP contribution in [0.25, 0.3) is 21.3 Å². The predicted octanol–water partition coefficient (Wildman–Crippen LogP) is 4.92. The third kappa shape index (κ3) is 3.00. The number of nitrogens with zero attached hydrogens (tertiary/aromatic N) is 3. The molecule has 0 amide bonds. The fourth-order valence-electron chi connectivity index (χ4n) is 3.00. The number of nitrogens with two attached hydrogens (primary N) is 1. The van der Waals surface area contributed by atoms with E-state index in [1.165, 1.54) is 0 Å². The molecule has 1 aromatic carbocycles. The largest absolute Gasteiger partial charge is 0.318 e. The molecule has 0 aliphatic heterocycles. The van der Waals surface area contributed by atoms with Gasteiger partial charge >= 0.3 is 0 Å². The first-order chi connectivity index (χ1) is 12.6. The van der Waals surface area contributed by atoms with Gasteiger partial charge in [-0.2, -0.15) is 0 Å². The number of hydrogen-bond acceptors (Lipinski definition) is 5. The van der Waals surface area contributed by atoms with E-state index in [-0.39, 0.29) is 5.92 Å². The molecule has 4 nitrogen and oxygen atoms in total. The molecule has 0 radical (unpaired) electrons. The molecule has 0 aliphatic carbocycles. The third-order valence-corrected chi connectivity index (χ3v) is 5.25. The van der Waals surface area contributed by atoms with Crippen LogP contribution in [-0.4, -0.2) is 15.0 Å². The van der Waals surface area contributed by atoms with E-state index in [1.807, 2.05) is 36.4 Å². The molecule has 4 aromatic rings. The smallest absolute Gasteiger partial charge is 0.132 e. The summed E-state index contributed by atoms with van der Waals surface area (Å²) in [6.45, 7) is 4.20. The number of hydrogen-bond donors (Lipinski definition) is 1. The van der Waals surface area contributed by atoms with Crippen LogP contribution in [0.2, 0.25) is 0 Å². The minimum Gasteiger partial charge on any atom is -0.318 e. The molecular formula is C21H20N4S. The Kier molecular flexibility index (Phi) is 4.49. The van der Waals surface area contributed by atoms with Crippen LogP contribution in [-0.2, 0) is 0 Å². The van der Waals surface area contributed by atoms with E-state index in [1.54, 1.807) is 17.5 Å². The summed E-state index contributed by atoms with van der Waals surface area (Å²) in [4.78, 5) is 15.1. The summed E-state index contributed by atoms with van der Waals surface area (Å²) in [5.74, 6) is 1.05. The highest BCUT2D eigenvalue weighted by molar-refractivity contribution is 7.17. The van der Waals surface area contributed by atoms with Crippen LogP contribution in [0.4, 0.5) is 0 Å². The Bertz CT molecular complexity index is 1030. The van der Waals surface area contributed by atoms with Crippen LogP contribution < -0.4 is 5.73 Å². The molecule has 5 heteroatoms. The summed E-state index contributed by atoms with van der Waals surface area (Å²) >= 11 is 1.64. The van der Waals surface area contributed by atoms with Gasteiger partial charge in [-0.25, -0.2) is 9.97 Å². The zero-order valence-electron chi connectivity index (χ0n) is 14.8. The van der Waals surface area contributed by atoms with E-state index in [2.05, 4.69) is 36.3 Å². The SMILES string of the molecule is CC(C)c1nc(C(N)c2ccccn2)c2c(-c3ccccc3)csc2n1. The van der Waals surface area contributed by atoms with E-state index in [0.717, 1.165) is 38.6 Å². The zero-order valence-corrected chi connectivity index (χ0v) is 15.6. The minimum absolute atomic E-state index is 0.233. The Morgan fingerprint density at radius 2 is 1.73 bits per heavy atom. The van der Waals surface area contributed by atoms with Gasteiger partial charge in [-0.1, -0.05) is 50.2 Å². The second-order valence-corrected chi connectivity index (χ2v) is 7.41. The molecule has 1 unspecified atom stereocenters. The molecule has 0 saturated carbocycles. The summed E-state index contributed by atoms with van der Waals surface area (Å²) in [5, 5.41) is 3.18. The maximum Gasteiger partial charge on any atom is 0.132 e. The first-order valence-corrected chi connectivity index (χ1v) is 9.54. The van der Waals surface area contributed by atoms with Gasteiger partial charge in [0.1, 0.15) is 10.7 Å². The molecule has 3 aromatic heterocycles. The average Bonchev–Trinajstić information content (AvgIpc) is 3.12. The molecule has 3 heterocycles. The lowest BCUT2D eigenvalue weighted by Crippen LogP contribution is -2.17. The lowest BCUT2D eigenvalue weighted by molar-refractivity contribution is 0.737. The number of benzene rings is 1. The molecule has 0 fully saturated rings. The summed E-state index contributed by atoms with van der Waals surface area (Å²) in [6, 6.07) is 15.7. The zero-order chi connectivity index (χ0) is 18.1. The van der Waals surface area contributed by atoms with Crippen molar-refractivity contribution in [3.8, 4) is 11.1 Å². The Morgan fingerprint density at radius 3 is 2.42 bits per heavy atom. The van der Waals surface area contributed by atoms with Crippen LogP contribution in [0.5, 0.6) is 0 Å². The van der Waals surface area contributed by atoms with E-state index in [4.69, 9.17) is 15.7 Å². The summed E-state index contributed by atoms with van der Waals surface area (Å²) < 4.78 is 0. The van der Waals surface area contributed by atoms with Gasteiger partial charge in [-0.3, -0.25) is 4.98 Å². The van der Waals surface area contributed by atoms with Crippen LogP contribution in [0.1, 0.15) is 43.0 Å². The monoisotopic (exact) mass is 360 g/mol. The van der Waals surface area contributed by atoms with Gasteiger partial charge in [0.05, 0.1) is 17.4 Å². The molecule has 0 saturated heterocycles. The van der Waals surface area contributed by atoms with Crippen molar-refractivity contribution < 1.29 is 0 Å². The second kappa shape index (κ2) is 6.94. The van der Waals surface area contributed by atoms with Crippen molar-refractivity contribution in [2.45, 2.75) is 25.8 Å². The molecule has 130 valence electrons. The third-order valence-electron chi connectivity index (χ3n) is 4.38. The molecule has 0 aliphatic rings. The molecule has 26 heavy (non-hydrogen) atoms. The second-order valence-electron chi connectivity index (χ2n) is 6.55. The standard InChI is InChI=1S/C21H20N4S/c1-13(2)20-24-19(18(22)16-10-6-7-11-23-16)17-15(12-26-21(17)25-20)14-8-4-3-5-9-14/h3-13,18H,22H2,1-2H3. The minimum atomic E-state index is -0.392. The van der Waals surface area contributed by atoms with Gasteiger partial charge in [-0.05, 0) is 17.7 Å². The maximum atomic E-state index is 6.61. The first kappa shape index (κ1) is 16.8. The molecule has 0 bridgehead atoms. The molecule has 0 spiro atoms. The number of fused-ring (bicyclic) bond motifs is 1. The first-order valence-electron chi connectivity index (χ1n) is 8.66. The number of rotatable bonds is 4. The highest BCUT2D eigenvalue weighted by Gasteiger charge is 2.22. The quantitative estimate of drug-likeness (QED) is 0.561. The average molecular weight is 360 g/mol. The van der Waals surface area contributed by atoms with Crippen LogP contribution in [0.15, 0.2) is 60.1 Å².